The molecule has 110 valence electrons. The van der Waals surface area contributed by atoms with Crippen LogP contribution < -0.4 is 5.32 Å². The first-order valence-electron chi connectivity index (χ1n) is 6.18. The topological polar surface area (TPSA) is 29.1 Å². The van der Waals surface area contributed by atoms with Crippen molar-refractivity contribution in [2.45, 2.75) is 11.3 Å². The molecule has 0 saturated heterocycles. The highest BCUT2D eigenvalue weighted by Gasteiger charge is 2.09. The Hall–Kier alpha value is -0.870. The Bertz CT molecular complexity index is 611. The number of rotatable bonds is 5. The lowest BCUT2D eigenvalue weighted by Gasteiger charge is -2.09. The van der Waals surface area contributed by atoms with Gasteiger partial charge in [-0.15, -0.1) is 11.8 Å². The summed E-state index contributed by atoms with van der Waals surface area (Å²) in [5.74, 6) is 0.543. The molecule has 0 aliphatic carbocycles. The van der Waals surface area contributed by atoms with Gasteiger partial charge in [-0.1, -0.05) is 40.9 Å². The van der Waals surface area contributed by atoms with Gasteiger partial charge in [0.2, 0.25) is 5.91 Å². The number of amides is 1. The van der Waals surface area contributed by atoms with E-state index in [-0.39, 0.29) is 5.91 Å². The van der Waals surface area contributed by atoms with Crippen molar-refractivity contribution in [1.29, 1.82) is 0 Å². The van der Waals surface area contributed by atoms with Crippen LogP contribution in [0.2, 0.25) is 15.1 Å². The molecule has 0 bridgehead atoms. The van der Waals surface area contributed by atoms with Gasteiger partial charge in [0.25, 0.3) is 0 Å². The van der Waals surface area contributed by atoms with Crippen LogP contribution in [-0.4, -0.2) is 11.7 Å². The van der Waals surface area contributed by atoms with Gasteiger partial charge >= 0.3 is 0 Å². The van der Waals surface area contributed by atoms with Crippen molar-refractivity contribution in [3.63, 3.8) is 0 Å². The fourth-order valence-corrected chi connectivity index (χ4v) is 3.08. The molecule has 0 radical (unpaired) electrons. The van der Waals surface area contributed by atoms with E-state index in [1.165, 1.54) is 0 Å². The van der Waals surface area contributed by atoms with E-state index in [1.807, 2.05) is 24.3 Å². The molecule has 0 aliphatic rings. The average Bonchev–Trinajstić information content (AvgIpc) is 2.45. The Kier molecular flexibility index (Phi) is 6.24. The second-order valence-electron chi connectivity index (χ2n) is 4.20. The lowest BCUT2D eigenvalue weighted by atomic mass is 10.3. The molecule has 0 aromatic heterocycles. The number of nitrogens with one attached hydrogen (secondary N) is 1. The summed E-state index contributed by atoms with van der Waals surface area (Å²) in [7, 11) is 0. The highest BCUT2D eigenvalue weighted by molar-refractivity contribution is 7.99. The first-order chi connectivity index (χ1) is 10.1. The molecule has 21 heavy (non-hydrogen) atoms. The van der Waals surface area contributed by atoms with Gasteiger partial charge < -0.3 is 5.32 Å². The third-order valence-electron chi connectivity index (χ3n) is 2.64. The number of carbonyl (C=O) groups excluding carboxylic acids is 1. The SMILES string of the molecule is O=C(CCSc1ccc(Cl)cc1)Nc1c(Cl)cccc1Cl. The zero-order valence-corrected chi connectivity index (χ0v) is 14.0. The van der Waals surface area contributed by atoms with Crippen molar-refractivity contribution < 1.29 is 4.79 Å². The maximum atomic E-state index is 11.9. The van der Waals surface area contributed by atoms with E-state index >= 15 is 0 Å². The molecule has 2 rings (SSSR count). The van der Waals surface area contributed by atoms with Crippen LogP contribution >= 0.6 is 46.6 Å². The van der Waals surface area contributed by atoms with Crippen molar-refractivity contribution in [3.05, 3.63) is 57.5 Å². The third-order valence-corrected chi connectivity index (χ3v) is 4.53. The van der Waals surface area contributed by atoms with Gasteiger partial charge in [-0.2, -0.15) is 0 Å². The van der Waals surface area contributed by atoms with Crippen LogP contribution in [0.1, 0.15) is 6.42 Å². The maximum Gasteiger partial charge on any atom is 0.225 e. The van der Waals surface area contributed by atoms with Crippen molar-refractivity contribution in [3.8, 4) is 0 Å². The van der Waals surface area contributed by atoms with Crippen LogP contribution in [0.3, 0.4) is 0 Å². The quantitative estimate of drug-likeness (QED) is 0.686. The Morgan fingerprint density at radius 3 is 2.24 bits per heavy atom. The highest BCUT2D eigenvalue weighted by Crippen LogP contribution is 2.30. The third kappa shape index (κ3) is 5.11. The van der Waals surface area contributed by atoms with Crippen LogP contribution in [-0.2, 0) is 4.79 Å². The predicted octanol–water partition coefficient (Wildman–Crippen LogP) is 5.77. The summed E-state index contributed by atoms with van der Waals surface area (Å²) in [6, 6.07) is 12.6. The molecule has 1 amide bonds. The number of para-hydroxylation sites is 1. The first kappa shape index (κ1) is 16.5. The van der Waals surface area contributed by atoms with Gasteiger partial charge in [-0.05, 0) is 36.4 Å². The standard InChI is InChI=1S/C15H12Cl3NOS/c16-10-4-6-11(7-5-10)21-9-8-14(20)19-15-12(17)2-1-3-13(15)18/h1-7H,8-9H2,(H,19,20). The number of benzene rings is 2. The minimum absolute atomic E-state index is 0.119. The molecule has 0 atom stereocenters. The van der Waals surface area contributed by atoms with Crippen LogP contribution in [0.15, 0.2) is 47.4 Å². The summed E-state index contributed by atoms with van der Waals surface area (Å²) >= 11 is 19.4. The number of thioether (sulfide) groups is 1. The summed E-state index contributed by atoms with van der Waals surface area (Å²) in [5.41, 5.74) is 0.460. The summed E-state index contributed by atoms with van der Waals surface area (Å²) in [4.78, 5) is 13.0. The number of anilines is 1. The van der Waals surface area contributed by atoms with Crippen LogP contribution in [0.4, 0.5) is 5.69 Å². The number of hydrogen-bond acceptors (Lipinski definition) is 2. The van der Waals surface area contributed by atoms with Gasteiger partial charge in [-0.3, -0.25) is 4.79 Å². The first-order valence-corrected chi connectivity index (χ1v) is 8.30. The largest absolute Gasteiger partial charge is 0.324 e. The molecule has 0 unspecified atom stereocenters. The predicted molar refractivity (Wildman–Crippen MR) is 91.9 cm³/mol. The summed E-state index contributed by atoms with van der Waals surface area (Å²) in [6.07, 6.45) is 0.370. The molecule has 6 heteroatoms. The van der Waals surface area contributed by atoms with Crippen molar-refractivity contribution in [2.75, 3.05) is 11.1 Å². The summed E-state index contributed by atoms with van der Waals surface area (Å²) in [6.45, 7) is 0. The summed E-state index contributed by atoms with van der Waals surface area (Å²) < 4.78 is 0. The molecule has 2 nitrogen and oxygen atoms in total. The van der Waals surface area contributed by atoms with E-state index < -0.39 is 0 Å². The van der Waals surface area contributed by atoms with E-state index in [4.69, 9.17) is 34.8 Å². The zero-order valence-electron chi connectivity index (χ0n) is 10.9. The number of halogens is 3. The molecule has 1 N–H and O–H groups in total. The minimum Gasteiger partial charge on any atom is -0.324 e. The fourth-order valence-electron chi connectivity index (χ4n) is 1.61. The van der Waals surface area contributed by atoms with Gasteiger partial charge in [0.05, 0.1) is 15.7 Å². The molecule has 2 aromatic carbocycles. The molecular formula is C15H12Cl3NOS. The Balaban J connectivity index is 1.84. The number of hydrogen-bond donors (Lipinski definition) is 1. The van der Waals surface area contributed by atoms with Crippen molar-refractivity contribution in [2.24, 2.45) is 0 Å². The van der Waals surface area contributed by atoms with Crippen molar-refractivity contribution >= 4 is 58.2 Å². The Morgan fingerprint density at radius 2 is 1.62 bits per heavy atom. The molecule has 0 saturated carbocycles. The molecule has 2 aromatic rings. The summed E-state index contributed by atoms with van der Waals surface area (Å²) in [5, 5.41) is 4.30. The normalized spacial score (nSPS) is 10.4. The van der Waals surface area contributed by atoms with E-state index in [0.29, 0.717) is 32.9 Å². The monoisotopic (exact) mass is 359 g/mol. The zero-order chi connectivity index (χ0) is 15.2. The van der Waals surface area contributed by atoms with Crippen LogP contribution in [0, 0.1) is 0 Å². The lowest BCUT2D eigenvalue weighted by molar-refractivity contribution is -0.115. The highest BCUT2D eigenvalue weighted by atomic mass is 35.5. The van der Waals surface area contributed by atoms with Gasteiger partial charge in [0.1, 0.15) is 0 Å². The lowest BCUT2D eigenvalue weighted by Crippen LogP contribution is -2.12. The van der Waals surface area contributed by atoms with Gasteiger partial charge in [-0.25, -0.2) is 0 Å². The molecular weight excluding hydrogens is 349 g/mol. The number of carbonyl (C=O) groups is 1. The van der Waals surface area contributed by atoms with Crippen LogP contribution in [0.5, 0.6) is 0 Å². The van der Waals surface area contributed by atoms with E-state index in [2.05, 4.69) is 5.32 Å². The van der Waals surface area contributed by atoms with E-state index in [0.717, 1.165) is 4.90 Å². The Labute approximate surface area is 142 Å². The minimum atomic E-state index is -0.119. The fraction of sp³-hybridized carbons (Fsp3) is 0.133. The average molecular weight is 361 g/mol. The van der Waals surface area contributed by atoms with Gasteiger partial charge in [0.15, 0.2) is 0 Å². The molecule has 0 aliphatic heterocycles. The smallest absolute Gasteiger partial charge is 0.225 e. The second-order valence-corrected chi connectivity index (χ2v) is 6.62. The van der Waals surface area contributed by atoms with Gasteiger partial charge in [0, 0.05) is 22.1 Å². The Morgan fingerprint density at radius 1 is 1.00 bits per heavy atom. The van der Waals surface area contributed by atoms with E-state index in [9.17, 15) is 4.79 Å². The van der Waals surface area contributed by atoms with E-state index in [1.54, 1.807) is 30.0 Å². The van der Waals surface area contributed by atoms with Crippen molar-refractivity contribution in [1.82, 2.24) is 0 Å². The molecule has 0 heterocycles. The maximum absolute atomic E-state index is 11.9. The molecule has 0 fully saturated rings. The van der Waals surface area contributed by atoms with Crippen LogP contribution in [0.25, 0.3) is 0 Å². The molecule has 0 spiro atoms. The second kappa shape index (κ2) is 7.95.